The molecule has 2 aromatic carbocycles. The van der Waals surface area contributed by atoms with Crippen LogP contribution in [-0.4, -0.2) is 13.7 Å². The van der Waals surface area contributed by atoms with Gasteiger partial charge in [0.25, 0.3) is 0 Å². The van der Waals surface area contributed by atoms with Gasteiger partial charge in [0.1, 0.15) is 5.75 Å². The smallest absolute Gasteiger partial charge is 0.118 e. The first-order chi connectivity index (χ1) is 10.3. The monoisotopic (exact) mass is 281 g/mol. The van der Waals surface area contributed by atoms with Crippen molar-refractivity contribution in [2.45, 2.75) is 32.2 Å². The lowest BCUT2D eigenvalue weighted by Gasteiger charge is -2.14. The average Bonchev–Trinajstić information content (AvgIpc) is 2.96. The third-order valence-corrected chi connectivity index (χ3v) is 4.31. The van der Waals surface area contributed by atoms with E-state index < -0.39 is 0 Å². The van der Waals surface area contributed by atoms with Crippen molar-refractivity contribution in [2.75, 3.05) is 13.7 Å². The van der Waals surface area contributed by atoms with Crippen LogP contribution in [0.5, 0.6) is 5.75 Å². The van der Waals surface area contributed by atoms with Crippen LogP contribution in [0.3, 0.4) is 0 Å². The Morgan fingerprint density at radius 3 is 2.67 bits per heavy atom. The van der Waals surface area contributed by atoms with Crippen LogP contribution in [0.1, 0.15) is 36.9 Å². The number of fused-ring (bicyclic) bond motifs is 1. The van der Waals surface area contributed by atoms with Gasteiger partial charge in [-0.1, -0.05) is 37.3 Å². The Balaban J connectivity index is 1.92. The van der Waals surface area contributed by atoms with E-state index in [-0.39, 0.29) is 0 Å². The Morgan fingerprint density at radius 1 is 1.14 bits per heavy atom. The van der Waals surface area contributed by atoms with Gasteiger partial charge in [0.05, 0.1) is 7.11 Å². The Kier molecular flexibility index (Phi) is 4.26. The molecule has 0 saturated carbocycles. The molecule has 0 amide bonds. The van der Waals surface area contributed by atoms with Crippen molar-refractivity contribution < 1.29 is 4.74 Å². The molecule has 1 aliphatic carbocycles. The normalized spacial score (nSPS) is 16.8. The summed E-state index contributed by atoms with van der Waals surface area (Å²) < 4.78 is 5.25. The fourth-order valence-electron chi connectivity index (χ4n) is 3.23. The second-order valence-electron chi connectivity index (χ2n) is 5.65. The third kappa shape index (κ3) is 2.81. The van der Waals surface area contributed by atoms with Crippen molar-refractivity contribution in [3.63, 3.8) is 0 Å². The van der Waals surface area contributed by atoms with E-state index in [4.69, 9.17) is 4.74 Å². The molecule has 0 spiro atoms. The fraction of sp³-hybridized carbons (Fsp3) is 0.368. The van der Waals surface area contributed by atoms with Crippen LogP contribution in [-0.2, 0) is 6.42 Å². The lowest BCUT2D eigenvalue weighted by Crippen LogP contribution is -2.19. The van der Waals surface area contributed by atoms with Gasteiger partial charge in [0.2, 0.25) is 0 Å². The van der Waals surface area contributed by atoms with Crippen molar-refractivity contribution in [3.8, 4) is 16.9 Å². The maximum Gasteiger partial charge on any atom is 0.118 e. The topological polar surface area (TPSA) is 21.3 Å². The van der Waals surface area contributed by atoms with Gasteiger partial charge in [0, 0.05) is 6.04 Å². The largest absolute Gasteiger partial charge is 0.497 e. The molecular weight excluding hydrogens is 258 g/mol. The van der Waals surface area contributed by atoms with E-state index >= 15 is 0 Å². The zero-order chi connectivity index (χ0) is 14.7. The minimum atomic E-state index is 0.526. The number of hydrogen-bond acceptors (Lipinski definition) is 2. The van der Waals surface area contributed by atoms with Crippen LogP contribution in [0.25, 0.3) is 11.1 Å². The SMILES string of the molecule is CCCNC1CCc2c(-c3ccc(OC)cc3)cccc21. The van der Waals surface area contributed by atoms with Gasteiger partial charge in [-0.25, -0.2) is 0 Å². The first-order valence-electron chi connectivity index (χ1n) is 7.83. The zero-order valence-corrected chi connectivity index (χ0v) is 12.9. The van der Waals surface area contributed by atoms with Crippen LogP contribution in [0.15, 0.2) is 42.5 Å². The maximum atomic E-state index is 5.25. The van der Waals surface area contributed by atoms with Crippen LogP contribution in [0.4, 0.5) is 0 Å². The fourth-order valence-corrected chi connectivity index (χ4v) is 3.23. The first kappa shape index (κ1) is 14.2. The van der Waals surface area contributed by atoms with Crippen molar-refractivity contribution in [3.05, 3.63) is 53.6 Å². The van der Waals surface area contributed by atoms with Crippen molar-refractivity contribution >= 4 is 0 Å². The van der Waals surface area contributed by atoms with E-state index in [1.165, 1.54) is 41.5 Å². The van der Waals surface area contributed by atoms with Crippen molar-refractivity contribution in [1.29, 1.82) is 0 Å². The van der Waals surface area contributed by atoms with Crippen LogP contribution in [0, 0.1) is 0 Å². The van der Waals surface area contributed by atoms with Gasteiger partial charge in [-0.15, -0.1) is 0 Å². The zero-order valence-electron chi connectivity index (χ0n) is 12.9. The number of nitrogens with one attached hydrogen (secondary N) is 1. The van der Waals surface area contributed by atoms with E-state index in [0.717, 1.165) is 12.3 Å². The number of rotatable bonds is 5. The summed E-state index contributed by atoms with van der Waals surface area (Å²) in [6, 6.07) is 15.6. The molecule has 0 fully saturated rings. The molecule has 0 heterocycles. The number of ether oxygens (including phenoxy) is 1. The quantitative estimate of drug-likeness (QED) is 0.879. The Labute approximate surface area is 127 Å². The molecule has 0 radical (unpaired) electrons. The summed E-state index contributed by atoms with van der Waals surface area (Å²) in [6.07, 6.45) is 3.56. The van der Waals surface area contributed by atoms with E-state index in [1.807, 2.05) is 12.1 Å². The highest BCUT2D eigenvalue weighted by molar-refractivity contribution is 5.70. The van der Waals surface area contributed by atoms with Gasteiger partial charge < -0.3 is 10.1 Å². The molecular formula is C19H23NO. The third-order valence-electron chi connectivity index (χ3n) is 4.31. The second kappa shape index (κ2) is 6.31. The highest BCUT2D eigenvalue weighted by Gasteiger charge is 2.24. The van der Waals surface area contributed by atoms with Gasteiger partial charge in [-0.05, 0) is 60.2 Å². The Morgan fingerprint density at radius 2 is 1.95 bits per heavy atom. The van der Waals surface area contributed by atoms with E-state index in [2.05, 4.69) is 42.6 Å². The highest BCUT2D eigenvalue weighted by atomic mass is 16.5. The molecule has 3 rings (SSSR count). The summed E-state index contributed by atoms with van der Waals surface area (Å²) in [5.74, 6) is 0.911. The van der Waals surface area contributed by atoms with Crippen molar-refractivity contribution in [1.82, 2.24) is 5.32 Å². The summed E-state index contributed by atoms with van der Waals surface area (Å²) in [7, 11) is 1.71. The molecule has 2 aromatic rings. The number of methoxy groups -OCH3 is 1. The molecule has 0 bridgehead atoms. The summed E-state index contributed by atoms with van der Waals surface area (Å²) in [5.41, 5.74) is 5.65. The summed E-state index contributed by atoms with van der Waals surface area (Å²) >= 11 is 0. The Bertz CT molecular complexity index is 603. The number of benzene rings is 2. The van der Waals surface area contributed by atoms with E-state index in [0.29, 0.717) is 6.04 Å². The maximum absolute atomic E-state index is 5.25. The van der Waals surface area contributed by atoms with E-state index in [9.17, 15) is 0 Å². The van der Waals surface area contributed by atoms with Gasteiger partial charge in [-0.3, -0.25) is 0 Å². The molecule has 1 N–H and O–H groups in total. The summed E-state index contributed by atoms with van der Waals surface area (Å²) in [5, 5.41) is 3.66. The molecule has 21 heavy (non-hydrogen) atoms. The lowest BCUT2D eigenvalue weighted by atomic mass is 9.96. The minimum Gasteiger partial charge on any atom is -0.497 e. The van der Waals surface area contributed by atoms with E-state index in [1.54, 1.807) is 7.11 Å². The average molecular weight is 281 g/mol. The molecule has 0 aromatic heterocycles. The minimum absolute atomic E-state index is 0.526. The standard InChI is InChI=1S/C19H23NO/c1-3-13-20-19-12-11-17-16(5-4-6-18(17)19)14-7-9-15(21-2)10-8-14/h4-10,19-20H,3,11-13H2,1-2H3. The van der Waals surface area contributed by atoms with Gasteiger partial charge >= 0.3 is 0 Å². The van der Waals surface area contributed by atoms with Crippen molar-refractivity contribution in [2.24, 2.45) is 0 Å². The molecule has 2 heteroatoms. The van der Waals surface area contributed by atoms with Gasteiger partial charge in [-0.2, -0.15) is 0 Å². The predicted octanol–water partition coefficient (Wildman–Crippen LogP) is 4.35. The lowest BCUT2D eigenvalue weighted by molar-refractivity contribution is 0.415. The number of hydrogen-bond donors (Lipinski definition) is 1. The molecule has 1 unspecified atom stereocenters. The van der Waals surface area contributed by atoms with Crippen LogP contribution >= 0.6 is 0 Å². The predicted molar refractivity (Wildman–Crippen MR) is 87.8 cm³/mol. The molecule has 0 saturated heterocycles. The molecule has 2 nitrogen and oxygen atoms in total. The highest BCUT2D eigenvalue weighted by Crippen LogP contribution is 2.38. The van der Waals surface area contributed by atoms with Crippen LogP contribution in [0.2, 0.25) is 0 Å². The summed E-state index contributed by atoms with van der Waals surface area (Å²) in [6.45, 7) is 3.31. The molecule has 1 atom stereocenters. The molecule has 1 aliphatic rings. The molecule has 0 aliphatic heterocycles. The first-order valence-corrected chi connectivity index (χ1v) is 7.83. The van der Waals surface area contributed by atoms with Gasteiger partial charge in [0.15, 0.2) is 0 Å². The second-order valence-corrected chi connectivity index (χ2v) is 5.65. The Hall–Kier alpha value is -1.80. The van der Waals surface area contributed by atoms with Crippen LogP contribution < -0.4 is 10.1 Å². The summed E-state index contributed by atoms with van der Waals surface area (Å²) in [4.78, 5) is 0. The molecule has 110 valence electrons.